The van der Waals surface area contributed by atoms with Crippen molar-refractivity contribution in [2.45, 2.75) is 33.2 Å². The van der Waals surface area contributed by atoms with Crippen LogP contribution in [-0.2, 0) is 6.42 Å². The van der Waals surface area contributed by atoms with Crippen LogP contribution in [0.3, 0.4) is 0 Å². The summed E-state index contributed by atoms with van der Waals surface area (Å²) in [5, 5.41) is 2.97. The predicted molar refractivity (Wildman–Crippen MR) is 110 cm³/mol. The van der Waals surface area contributed by atoms with Crippen molar-refractivity contribution in [2.24, 2.45) is 0 Å². The molecule has 0 radical (unpaired) electrons. The lowest BCUT2D eigenvalue weighted by Crippen LogP contribution is -2.25. The van der Waals surface area contributed by atoms with Gasteiger partial charge in [0, 0.05) is 23.6 Å². The quantitative estimate of drug-likeness (QED) is 0.715. The molecule has 2 aromatic carbocycles. The first-order chi connectivity index (χ1) is 13.0. The Balaban J connectivity index is 1.55. The molecular formula is C23H23N3O. The molecule has 0 bridgehead atoms. The monoisotopic (exact) mass is 357 g/mol. The first-order valence-corrected chi connectivity index (χ1v) is 9.25. The molecule has 1 aromatic heterocycles. The first-order valence-electron chi connectivity index (χ1n) is 9.25. The van der Waals surface area contributed by atoms with Crippen molar-refractivity contribution >= 4 is 23.1 Å². The number of hydrogen-bond donors (Lipinski definition) is 1. The molecule has 1 atom stereocenters. The molecule has 2 heterocycles. The third-order valence-corrected chi connectivity index (χ3v) is 5.09. The smallest absolute Gasteiger partial charge is 0.257 e. The Morgan fingerprint density at radius 1 is 1.11 bits per heavy atom. The van der Waals surface area contributed by atoms with E-state index in [-0.39, 0.29) is 5.91 Å². The molecule has 0 saturated carbocycles. The molecule has 4 heteroatoms. The van der Waals surface area contributed by atoms with Gasteiger partial charge in [0.15, 0.2) is 0 Å². The largest absolute Gasteiger partial charge is 0.323 e. The van der Waals surface area contributed by atoms with E-state index < -0.39 is 0 Å². The van der Waals surface area contributed by atoms with Gasteiger partial charge in [0.05, 0.1) is 5.56 Å². The van der Waals surface area contributed by atoms with Crippen molar-refractivity contribution < 1.29 is 4.79 Å². The number of benzene rings is 2. The van der Waals surface area contributed by atoms with Crippen LogP contribution in [0, 0.1) is 13.8 Å². The molecule has 1 aliphatic heterocycles. The van der Waals surface area contributed by atoms with Crippen molar-refractivity contribution in [1.29, 1.82) is 0 Å². The Bertz CT molecular complexity index is 995. The standard InChI is InChI=1S/C23H23N3O/c1-15-8-10-20(16(2)12-15)25-23(27)19-9-11-22(24-14-19)26-17(3)13-18-6-4-5-7-21(18)26/h4-12,14,17H,13H2,1-3H3,(H,25,27). The van der Waals surface area contributed by atoms with Crippen molar-refractivity contribution in [3.63, 3.8) is 0 Å². The summed E-state index contributed by atoms with van der Waals surface area (Å²) in [6.45, 7) is 6.23. The van der Waals surface area contributed by atoms with E-state index in [0.717, 1.165) is 23.5 Å². The second-order valence-corrected chi connectivity index (χ2v) is 7.23. The zero-order valence-electron chi connectivity index (χ0n) is 15.9. The van der Waals surface area contributed by atoms with Gasteiger partial charge in [-0.15, -0.1) is 0 Å². The second kappa shape index (κ2) is 6.88. The van der Waals surface area contributed by atoms with Gasteiger partial charge in [-0.2, -0.15) is 0 Å². The lowest BCUT2D eigenvalue weighted by Gasteiger charge is -2.23. The van der Waals surface area contributed by atoms with Crippen molar-refractivity contribution in [3.05, 3.63) is 83.0 Å². The maximum Gasteiger partial charge on any atom is 0.257 e. The topological polar surface area (TPSA) is 45.2 Å². The van der Waals surface area contributed by atoms with E-state index in [1.165, 1.54) is 16.8 Å². The fourth-order valence-electron chi connectivity index (χ4n) is 3.73. The minimum atomic E-state index is -0.143. The number of nitrogens with zero attached hydrogens (tertiary/aromatic N) is 2. The van der Waals surface area contributed by atoms with Gasteiger partial charge in [0.1, 0.15) is 5.82 Å². The van der Waals surface area contributed by atoms with Crippen molar-refractivity contribution in [2.75, 3.05) is 10.2 Å². The molecule has 0 aliphatic carbocycles. The number of pyridine rings is 1. The molecule has 4 nitrogen and oxygen atoms in total. The van der Waals surface area contributed by atoms with Crippen LogP contribution < -0.4 is 10.2 Å². The summed E-state index contributed by atoms with van der Waals surface area (Å²) in [7, 11) is 0. The summed E-state index contributed by atoms with van der Waals surface area (Å²) in [4.78, 5) is 19.4. The Kier molecular flexibility index (Phi) is 4.40. The van der Waals surface area contributed by atoms with Gasteiger partial charge < -0.3 is 10.2 Å². The number of nitrogens with one attached hydrogen (secondary N) is 1. The fourth-order valence-corrected chi connectivity index (χ4v) is 3.73. The van der Waals surface area contributed by atoms with Gasteiger partial charge in [-0.05, 0) is 62.6 Å². The summed E-state index contributed by atoms with van der Waals surface area (Å²) >= 11 is 0. The maximum absolute atomic E-state index is 12.6. The number of carbonyl (C=O) groups excluding carboxylic acids is 1. The number of rotatable bonds is 3. The minimum absolute atomic E-state index is 0.143. The van der Waals surface area contributed by atoms with Gasteiger partial charge in [-0.25, -0.2) is 4.98 Å². The van der Waals surface area contributed by atoms with E-state index in [1.807, 2.05) is 38.1 Å². The van der Waals surface area contributed by atoms with E-state index in [1.54, 1.807) is 6.20 Å². The minimum Gasteiger partial charge on any atom is -0.323 e. The van der Waals surface area contributed by atoms with Crippen LogP contribution in [-0.4, -0.2) is 16.9 Å². The molecule has 1 unspecified atom stereocenters. The zero-order valence-corrected chi connectivity index (χ0v) is 15.9. The van der Waals surface area contributed by atoms with E-state index in [9.17, 15) is 4.79 Å². The fraction of sp³-hybridized carbons (Fsp3) is 0.217. The average Bonchev–Trinajstić information content (AvgIpc) is 3.00. The Labute approximate surface area is 159 Å². The molecule has 1 amide bonds. The number of fused-ring (bicyclic) bond motifs is 1. The number of amides is 1. The maximum atomic E-state index is 12.6. The van der Waals surface area contributed by atoms with Crippen LogP contribution in [0.4, 0.5) is 17.2 Å². The van der Waals surface area contributed by atoms with Gasteiger partial charge >= 0.3 is 0 Å². The highest BCUT2D eigenvalue weighted by Crippen LogP contribution is 2.37. The summed E-state index contributed by atoms with van der Waals surface area (Å²) in [5.41, 5.74) is 6.15. The van der Waals surface area contributed by atoms with Crippen molar-refractivity contribution in [3.8, 4) is 0 Å². The molecule has 0 saturated heterocycles. The van der Waals surface area contributed by atoms with Crippen LogP contribution in [0.15, 0.2) is 60.8 Å². The highest BCUT2D eigenvalue weighted by Gasteiger charge is 2.27. The number of aromatic nitrogens is 1. The summed E-state index contributed by atoms with van der Waals surface area (Å²) in [6, 6.07) is 18.5. The Morgan fingerprint density at radius 2 is 1.93 bits per heavy atom. The van der Waals surface area contributed by atoms with Gasteiger partial charge in [-0.1, -0.05) is 35.9 Å². The first kappa shape index (κ1) is 17.3. The van der Waals surface area contributed by atoms with Gasteiger partial charge in [0.2, 0.25) is 0 Å². The molecule has 27 heavy (non-hydrogen) atoms. The number of anilines is 3. The van der Waals surface area contributed by atoms with E-state index in [0.29, 0.717) is 11.6 Å². The number of para-hydroxylation sites is 1. The normalized spacial score (nSPS) is 15.5. The molecule has 4 rings (SSSR count). The molecular weight excluding hydrogens is 334 g/mol. The van der Waals surface area contributed by atoms with Gasteiger partial charge in [-0.3, -0.25) is 4.79 Å². The highest BCUT2D eigenvalue weighted by molar-refractivity contribution is 6.04. The van der Waals surface area contributed by atoms with Crippen molar-refractivity contribution in [1.82, 2.24) is 4.98 Å². The zero-order chi connectivity index (χ0) is 19.0. The Hall–Kier alpha value is -3.14. The molecule has 1 N–H and O–H groups in total. The highest BCUT2D eigenvalue weighted by atomic mass is 16.1. The van der Waals surface area contributed by atoms with E-state index in [2.05, 4.69) is 52.5 Å². The van der Waals surface area contributed by atoms with Crippen LogP contribution in [0.1, 0.15) is 34.0 Å². The third-order valence-electron chi connectivity index (χ3n) is 5.09. The van der Waals surface area contributed by atoms with E-state index >= 15 is 0 Å². The SMILES string of the molecule is Cc1ccc(NC(=O)c2ccc(N3c4ccccc4CC3C)nc2)c(C)c1. The number of aryl methyl sites for hydroxylation is 2. The predicted octanol–water partition coefficient (Wildman–Crippen LogP) is 5.03. The third kappa shape index (κ3) is 3.31. The lowest BCUT2D eigenvalue weighted by atomic mass is 10.1. The number of carbonyl (C=O) groups is 1. The lowest BCUT2D eigenvalue weighted by molar-refractivity contribution is 0.102. The summed E-state index contributed by atoms with van der Waals surface area (Å²) in [6.07, 6.45) is 2.66. The van der Waals surface area contributed by atoms with Crippen LogP contribution in [0.25, 0.3) is 0 Å². The van der Waals surface area contributed by atoms with Crippen LogP contribution >= 0.6 is 0 Å². The summed E-state index contributed by atoms with van der Waals surface area (Å²) < 4.78 is 0. The molecule has 3 aromatic rings. The second-order valence-electron chi connectivity index (χ2n) is 7.23. The molecule has 136 valence electrons. The van der Waals surface area contributed by atoms with Crippen LogP contribution in [0.5, 0.6) is 0 Å². The molecule has 1 aliphatic rings. The molecule has 0 fully saturated rings. The molecule has 0 spiro atoms. The number of hydrogen-bond acceptors (Lipinski definition) is 3. The average molecular weight is 357 g/mol. The van der Waals surface area contributed by atoms with Gasteiger partial charge in [0.25, 0.3) is 5.91 Å². The Morgan fingerprint density at radius 3 is 2.67 bits per heavy atom. The summed E-state index contributed by atoms with van der Waals surface area (Å²) in [5.74, 6) is 0.728. The van der Waals surface area contributed by atoms with Crippen LogP contribution in [0.2, 0.25) is 0 Å². The van der Waals surface area contributed by atoms with E-state index in [4.69, 9.17) is 0 Å².